The van der Waals surface area contributed by atoms with Gasteiger partial charge >= 0.3 is 12.1 Å². The van der Waals surface area contributed by atoms with Crippen LogP contribution in [0.3, 0.4) is 0 Å². The molecule has 7 heteroatoms. The van der Waals surface area contributed by atoms with Crippen LogP contribution in [0.5, 0.6) is 0 Å². The summed E-state index contributed by atoms with van der Waals surface area (Å²) in [5.41, 5.74) is 1.95. The van der Waals surface area contributed by atoms with Crippen molar-refractivity contribution < 1.29 is 23.9 Å². The number of alkyl carbamates (subject to hydrolysis) is 1. The monoisotopic (exact) mass is 502 g/mol. The highest BCUT2D eigenvalue weighted by Gasteiger charge is 2.27. The van der Waals surface area contributed by atoms with E-state index in [1.54, 1.807) is 20.8 Å². The molecule has 0 saturated carbocycles. The summed E-state index contributed by atoms with van der Waals surface area (Å²) in [6, 6.07) is 26.9. The Balaban J connectivity index is 1.74. The second kappa shape index (κ2) is 13.3. The van der Waals surface area contributed by atoms with Crippen LogP contribution in [0.1, 0.15) is 56.3 Å². The van der Waals surface area contributed by atoms with Crippen molar-refractivity contribution in [1.29, 1.82) is 0 Å². The first-order valence-electron chi connectivity index (χ1n) is 12.3. The molecular weight excluding hydrogens is 468 g/mol. The van der Waals surface area contributed by atoms with E-state index in [0.29, 0.717) is 0 Å². The Labute approximate surface area is 218 Å². The molecule has 0 aromatic heterocycles. The fourth-order valence-electron chi connectivity index (χ4n) is 3.72. The molecule has 0 aliphatic carbocycles. The lowest BCUT2D eigenvalue weighted by molar-refractivity contribution is -0.155. The van der Waals surface area contributed by atoms with Gasteiger partial charge in [0.15, 0.2) is 0 Å². The first kappa shape index (κ1) is 27.5. The summed E-state index contributed by atoms with van der Waals surface area (Å²) in [6.45, 7) is 5.39. The number of hydrogen-bond acceptors (Lipinski definition) is 5. The second-order valence-electron chi connectivity index (χ2n) is 9.65. The van der Waals surface area contributed by atoms with E-state index in [2.05, 4.69) is 10.6 Å². The Morgan fingerprint density at radius 3 is 1.78 bits per heavy atom. The van der Waals surface area contributed by atoms with Gasteiger partial charge in [0, 0.05) is 6.42 Å². The van der Waals surface area contributed by atoms with E-state index in [4.69, 9.17) is 9.47 Å². The third-order valence-electron chi connectivity index (χ3n) is 5.43. The molecule has 0 saturated heterocycles. The Bertz CT molecular complexity index is 1110. The van der Waals surface area contributed by atoms with Crippen molar-refractivity contribution in [3.05, 3.63) is 108 Å². The molecule has 194 valence electrons. The SMILES string of the molecule is CC(C)(C)OC(=O)CCC(NC(=O)OCc1ccccc1)C(=O)NC(c1ccccc1)c1ccccc1. The Morgan fingerprint density at radius 2 is 1.27 bits per heavy atom. The van der Waals surface area contributed by atoms with Gasteiger partial charge in [0.2, 0.25) is 5.91 Å². The largest absolute Gasteiger partial charge is 0.460 e. The highest BCUT2D eigenvalue weighted by Crippen LogP contribution is 2.22. The molecule has 3 rings (SSSR count). The topological polar surface area (TPSA) is 93.7 Å². The van der Waals surface area contributed by atoms with Gasteiger partial charge in [-0.1, -0.05) is 91.0 Å². The van der Waals surface area contributed by atoms with E-state index < -0.39 is 35.7 Å². The number of nitrogens with one attached hydrogen (secondary N) is 2. The number of carbonyl (C=O) groups excluding carboxylic acids is 3. The molecule has 1 atom stereocenters. The molecule has 0 heterocycles. The van der Waals surface area contributed by atoms with Crippen LogP contribution in [0, 0.1) is 0 Å². The average molecular weight is 503 g/mol. The molecule has 2 amide bonds. The zero-order chi connectivity index (χ0) is 26.7. The van der Waals surface area contributed by atoms with Crippen LogP contribution >= 0.6 is 0 Å². The summed E-state index contributed by atoms with van der Waals surface area (Å²) in [7, 11) is 0. The number of benzene rings is 3. The van der Waals surface area contributed by atoms with Crippen LogP contribution in [0.2, 0.25) is 0 Å². The lowest BCUT2D eigenvalue weighted by atomic mass is 9.98. The summed E-state index contributed by atoms with van der Waals surface area (Å²) >= 11 is 0. The lowest BCUT2D eigenvalue weighted by Crippen LogP contribution is -2.48. The smallest absolute Gasteiger partial charge is 0.408 e. The van der Waals surface area contributed by atoms with E-state index in [1.807, 2.05) is 91.0 Å². The van der Waals surface area contributed by atoms with Gasteiger partial charge in [0.05, 0.1) is 6.04 Å². The number of esters is 1. The van der Waals surface area contributed by atoms with Crippen molar-refractivity contribution in [3.63, 3.8) is 0 Å². The van der Waals surface area contributed by atoms with Crippen molar-refractivity contribution in [2.45, 2.75) is 57.9 Å². The van der Waals surface area contributed by atoms with Gasteiger partial charge in [-0.15, -0.1) is 0 Å². The summed E-state index contributed by atoms with van der Waals surface area (Å²) in [6.07, 6.45) is -0.739. The zero-order valence-electron chi connectivity index (χ0n) is 21.5. The molecular formula is C30H34N2O5. The fraction of sp³-hybridized carbons (Fsp3) is 0.300. The molecule has 1 unspecified atom stereocenters. The van der Waals surface area contributed by atoms with Crippen LogP contribution in [-0.4, -0.2) is 29.6 Å². The molecule has 7 nitrogen and oxygen atoms in total. The zero-order valence-corrected chi connectivity index (χ0v) is 21.5. The molecule has 0 spiro atoms. The minimum absolute atomic E-state index is 0.0460. The van der Waals surface area contributed by atoms with Crippen LogP contribution in [-0.2, 0) is 25.7 Å². The van der Waals surface area contributed by atoms with Crippen LogP contribution in [0.25, 0.3) is 0 Å². The van der Waals surface area contributed by atoms with Gasteiger partial charge in [-0.05, 0) is 43.9 Å². The minimum Gasteiger partial charge on any atom is -0.460 e. The number of ether oxygens (including phenoxy) is 2. The maximum absolute atomic E-state index is 13.5. The first-order valence-corrected chi connectivity index (χ1v) is 12.3. The summed E-state index contributed by atoms with van der Waals surface area (Å²) in [5, 5.41) is 5.67. The molecule has 2 N–H and O–H groups in total. The Hall–Kier alpha value is -4.13. The van der Waals surface area contributed by atoms with E-state index in [1.165, 1.54) is 0 Å². The van der Waals surface area contributed by atoms with Gasteiger partial charge in [-0.25, -0.2) is 4.79 Å². The fourth-order valence-corrected chi connectivity index (χ4v) is 3.72. The molecule has 37 heavy (non-hydrogen) atoms. The highest BCUT2D eigenvalue weighted by atomic mass is 16.6. The van der Waals surface area contributed by atoms with Crippen molar-refractivity contribution in [3.8, 4) is 0 Å². The predicted octanol–water partition coefficient (Wildman–Crippen LogP) is 5.31. The van der Waals surface area contributed by atoms with Crippen molar-refractivity contribution >= 4 is 18.0 Å². The number of hydrogen-bond donors (Lipinski definition) is 2. The van der Waals surface area contributed by atoms with E-state index >= 15 is 0 Å². The van der Waals surface area contributed by atoms with Gasteiger partial charge in [-0.2, -0.15) is 0 Å². The highest BCUT2D eigenvalue weighted by molar-refractivity contribution is 5.86. The van der Waals surface area contributed by atoms with Gasteiger partial charge in [-0.3, -0.25) is 9.59 Å². The average Bonchev–Trinajstić information content (AvgIpc) is 2.89. The molecule has 0 radical (unpaired) electrons. The molecule has 0 fully saturated rings. The molecule has 3 aromatic rings. The van der Waals surface area contributed by atoms with Crippen molar-refractivity contribution in [1.82, 2.24) is 10.6 Å². The van der Waals surface area contributed by atoms with Crippen LogP contribution < -0.4 is 10.6 Å². The predicted molar refractivity (Wildman–Crippen MR) is 141 cm³/mol. The molecule has 0 bridgehead atoms. The summed E-state index contributed by atoms with van der Waals surface area (Å²) in [5.74, 6) is -0.884. The quantitative estimate of drug-likeness (QED) is 0.367. The number of rotatable bonds is 10. The van der Waals surface area contributed by atoms with E-state index in [-0.39, 0.29) is 19.4 Å². The van der Waals surface area contributed by atoms with Crippen LogP contribution in [0.4, 0.5) is 4.79 Å². The van der Waals surface area contributed by atoms with E-state index in [9.17, 15) is 14.4 Å². The van der Waals surface area contributed by atoms with Gasteiger partial charge in [0.25, 0.3) is 0 Å². The Morgan fingerprint density at radius 1 is 0.757 bits per heavy atom. The van der Waals surface area contributed by atoms with Crippen LogP contribution in [0.15, 0.2) is 91.0 Å². The molecule has 0 aliphatic heterocycles. The third kappa shape index (κ3) is 9.44. The van der Waals surface area contributed by atoms with E-state index in [0.717, 1.165) is 16.7 Å². The van der Waals surface area contributed by atoms with Gasteiger partial charge < -0.3 is 20.1 Å². The number of amides is 2. The maximum Gasteiger partial charge on any atom is 0.408 e. The van der Waals surface area contributed by atoms with Crippen molar-refractivity contribution in [2.75, 3.05) is 0 Å². The summed E-state index contributed by atoms with van der Waals surface area (Å²) < 4.78 is 10.7. The normalized spacial score (nSPS) is 11.9. The Kier molecular flexibility index (Phi) is 9.84. The molecule has 0 aliphatic rings. The summed E-state index contributed by atoms with van der Waals surface area (Å²) in [4.78, 5) is 38.4. The number of carbonyl (C=O) groups is 3. The maximum atomic E-state index is 13.5. The second-order valence-corrected chi connectivity index (χ2v) is 9.65. The lowest BCUT2D eigenvalue weighted by Gasteiger charge is -2.25. The molecule has 3 aromatic carbocycles. The standard InChI is InChI=1S/C30H34N2O5/c1-30(2,3)37-26(33)20-19-25(31-29(35)36-21-22-13-7-4-8-14-22)28(34)32-27(23-15-9-5-10-16-23)24-17-11-6-12-18-24/h4-18,25,27H,19-21H2,1-3H3,(H,31,35)(H,32,34). The van der Waals surface area contributed by atoms with Crippen molar-refractivity contribution in [2.24, 2.45) is 0 Å². The van der Waals surface area contributed by atoms with Gasteiger partial charge in [0.1, 0.15) is 18.2 Å². The third-order valence-corrected chi connectivity index (χ3v) is 5.43. The first-order chi connectivity index (χ1) is 17.7. The minimum atomic E-state index is -1.01.